The number of aldehydes is 1. The van der Waals surface area contributed by atoms with Gasteiger partial charge in [0.15, 0.2) is 0 Å². The molecule has 1 aromatic rings. The van der Waals surface area contributed by atoms with Gasteiger partial charge in [0.05, 0.1) is 6.61 Å². The summed E-state index contributed by atoms with van der Waals surface area (Å²) in [6, 6.07) is 4.86. The smallest absolute Gasteiger partial charge is 0.481 e. The maximum Gasteiger partial charge on any atom is 0.481 e. The summed E-state index contributed by atoms with van der Waals surface area (Å²) in [6.07, 6.45) is 10.8. The summed E-state index contributed by atoms with van der Waals surface area (Å²) in [5.74, 6) is 2.96. The van der Waals surface area contributed by atoms with Crippen LogP contribution in [0.1, 0.15) is 42.6 Å². The molecule has 0 amide bonds. The van der Waals surface area contributed by atoms with Crippen LogP contribution in [0.2, 0.25) is 0 Å². The monoisotopic (exact) mass is 458 g/mol. The molecule has 0 bridgehead atoms. The van der Waals surface area contributed by atoms with Gasteiger partial charge in [-0.3, -0.25) is 9.32 Å². The van der Waals surface area contributed by atoms with E-state index in [1.165, 1.54) is 6.08 Å². The highest BCUT2D eigenvalue weighted by molar-refractivity contribution is 7.60. The van der Waals surface area contributed by atoms with Crippen LogP contribution in [0.5, 0.6) is 5.75 Å². The number of rotatable bonds is 12. The maximum atomic E-state index is 11.3. The van der Waals surface area contributed by atoms with E-state index in [1.807, 2.05) is 13.0 Å². The number of phosphoric ester groups is 1. The van der Waals surface area contributed by atoms with E-state index in [-0.39, 0.29) is 6.61 Å². The summed E-state index contributed by atoms with van der Waals surface area (Å²) >= 11 is 0. The van der Waals surface area contributed by atoms with E-state index in [1.54, 1.807) is 25.1 Å². The predicted molar refractivity (Wildman–Crippen MR) is 111 cm³/mol. The maximum absolute atomic E-state index is 11.3. The molecule has 0 aliphatic heterocycles. The van der Waals surface area contributed by atoms with Crippen molar-refractivity contribution >= 4 is 21.9 Å². The van der Waals surface area contributed by atoms with Gasteiger partial charge in [-0.1, -0.05) is 23.6 Å². The van der Waals surface area contributed by atoms with E-state index >= 15 is 0 Å². The van der Waals surface area contributed by atoms with Crippen molar-refractivity contribution in [3.05, 3.63) is 52.6 Å². The molecule has 1 atom stereocenters. The summed E-state index contributed by atoms with van der Waals surface area (Å²) in [5, 5.41) is 0. The van der Waals surface area contributed by atoms with Gasteiger partial charge < -0.3 is 19.4 Å². The van der Waals surface area contributed by atoms with Crippen molar-refractivity contribution in [1.82, 2.24) is 0 Å². The molecule has 1 rings (SSSR count). The van der Waals surface area contributed by atoms with Gasteiger partial charge in [0.25, 0.3) is 0 Å². The number of carbonyl (C=O) groups excluding carboxylic acids is 1. The average Bonchev–Trinajstić information content (AvgIpc) is 2.63. The van der Waals surface area contributed by atoms with Crippen LogP contribution in [0.4, 0.5) is 0 Å². The fourth-order valence-electron chi connectivity index (χ4n) is 2.19. The van der Waals surface area contributed by atoms with E-state index in [9.17, 15) is 13.9 Å². The highest BCUT2D eigenvalue weighted by Gasteiger charge is 2.31. The summed E-state index contributed by atoms with van der Waals surface area (Å²) in [4.78, 5) is 37.1. The summed E-state index contributed by atoms with van der Waals surface area (Å²) < 4.78 is 35.7. The molecule has 0 aliphatic rings. The lowest BCUT2D eigenvalue weighted by Crippen LogP contribution is -2.00. The number of benzene rings is 1. The van der Waals surface area contributed by atoms with Gasteiger partial charge in [-0.2, -0.15) is 4.31 Å². The van der Waals surface area contributed by atoms with Crippen LogP contribution >= 0.6 is 15.6 Å². The molecule has 1 aromatic carbocycles. The number of hydrogen-bond acceptors (Lipinski definition) is 6. The first-order valence-corrected chi connectivity index (χ1v) is 11.7. The molecule has 0 fully saturated rings. The van der Waals surface area contributed by atoms with E-state index < -0.39 is 15.6 Å². The molecule has 0 radical (unpaired) electrons. The molecule has 3 N–H and O–H groups in total. The Bertz CT molecular complexity index is 938. The van der Waals surface area contributed by atoms with Gasteiger partial charge in [-0.15, -0.1) is 6.42 Å². The number of carbonyl (C=O) groups is 1. The van der Waals surface area contributed by atoms with Crippen molar-refractivity contribution in [2.24, 2.45) is 0 Å². The quantitative estimate of drug-likeness (QED) is 0.185. The summed E-state index contributed by atoms with van der Waals surface area (Å²) in [6.45, 7) is 3.64. The molecule has 1 unspecified atom stereocenters. The van der Waals surface area contributed by atoms with Crippen molar-refractivity contribution in [2.45, 2.75) is 26.7 Å². The average molecular weight is 458 g/mol. The molecule has 30 heavy (non-hydrogen) atoms. The minimum atomic E-state index is -5.12. The lowest BCUT2D eigenvalue weighted by Gasteiger charge is -2.11. The Kier molecular flexibility index (Phi) is 10.4. The topological polar surface area (TPSA) is 140 Å². The van der Waals surface area contributed by atoms with E-state index in [0.29, 0.717) is 42.6 Å². The second kappa shape index (κ2) is 12.0. The standard InChI is InChI=1S/C19H24O9P2/c1-4-17-10-18(13-20)12-19(11-17)26-14-16(3)7-5-6-15(2)8-9-27-30(24,25)28-29(21,22)23/h1,7-8,10-13H,5-6,9,14H2,2-3H3,(H,24,25)(H2,21,22,23)/b15-8+,16-7+. The number of ether oxygens (including phenoxy) is 1. The molecule has 9 nitrogen and oxygen atoms in total. The number of terminal acetylenes is 1. The Morgan fingerprint density at radius 1 is 1.13 bits per heavy atom. The van der Waals surface area contributed by atoms with Gasteiger partial charge in [0, 0.05) is 11.1 Å². The zero-order valence-electron chi connectivity index (χ0n) is 16.6. The van der Waals surface area contributed by atoms with Gasteiger partial charge in [-0.25, -0.2) is 9.13 Å². The second-order valence-corrected chi connectivity index (χ2v) is 9.15. The Morgan fingerprint density at radius 2 is 1.83 bits per heavy atom. The van der Waals surface area contributed by atoms with Crippen LogP contribution in [0.3, 0.4) is 0 Å². The Balaban J connectivity index is 2.47. The van der Waals surface area contributed by atoms with Crippen molar-refractivity contribution in [3.63, 3.8) is 0 Å². The first-order chi connectivity index (χ1) is 13.9. The van der Waals surface area contributed by atoms with Crippen molar-refractivity contribution in [3.8, 4) is 18.1 Å². The highest BCUT2D eigenvalue weighted by Crippen LogP contribution is 2.57. The molecule has 0 saturated heterocycles. The van der Waals surface area contributed by atoms with Crippen LogP contribution in [0.25, 0.3) is 0 Å². The number of hydrogen-bond donors (Lipinski definition) is 3. The van der Waals surface area contributed by atoms with Crippen LogP contribution in [-0.2, 0) is 18.0 Å². The van der Waals surface area contributed by atoms with Gasteiger partial charge >= 0.3 is 15.6 Å². The minimum absolute atomic E-state index is 0.311. The van der Waals surface area contributed by atoms with Gasteiger partial charge in [-0.05, 0) is 50.5 Å². The zero-order valence-corrected chi connectivity index (χ0v) is 18.3. The zero-order chi connectivity index (χ0) is 22.8. The number of allylic oxidation sites excluding steroid dienone is 2. The molecule has 0 saturated carbocycles. The second-order valence-electron chi connectivity index (χ2n) is 6.32. The molecular weight excluding hydrogens is 434 g/mol. The number of phosphoric acid groups is 2. The van der Waals surface area contributed by atoms with Crippen LogP contribution in [-0.4, -0.2) is 34.2 Å². The summed E-state index contributed by atoms with van der Waals surface area (Å²) in [5.41, 5.74) is 2.78. The molecular formula is C19H24O9P2. The first-order valence-electron chi connectivity index (χ1n) is 8.69. The normalized spacial score (nSPS) is 14.7. The molecule has 0 heterocycles. The molecule has 0 aliphatic carbocycles. The highest BCUT2D eigenvalue weighted by atomic mass is 31.3. The third-order valence-corrected chi connectivity index (χ3v) is 5.76. The van der Waals surface area contributed by atoms with Gasteiger partial charge in [0.1, 0.15) is 18.6 Å². The van der Waals surface area contributed by atoms with Crippen LogP contribution in [0.15, 0.2) is 41.5 Å². The van der Waals surface area contributed by atoms with Crippen molar-refractivity contribution < 1.29 is 42.2 Å². The van der Waals surface area contributed by atoms with Crippen molar-refractivity contribution in [2.75, 3.05) is 13.2 Å². The lowest BCUT2D eigenvalue weighted by molar-refractivity contribution is 0.112. The minimum Gasteiger partial charge on any atom is -0.489 e. The van der Waals surface area contributed by atoms with Crippen LogP contribution < -0.4 is 4.74 Å². The SMILES string of the molecule is C#Cc1cc(C=O)cc(OC/C(C)=C/CC/C(C)=C/COP(=O)(O)OP(=O)(O)O)c1. The largest absolute Gasteiger partial charge is 0.489 e. The molecule has 164 valence electrons. The summed E-state index contributed by atoms with van der Waals surface area (Å²) in [7, 11) is -9.96. The van der Waals surface area contributed by atoms with E-state index in [4.69, 9.17) is 25.8 Å². The van der Waals surface area contributed by atoms with Crippen LogP contribution in [0, 0.1) is 12.3 Å². The fourth-order valence-corrected chi connectivity index (χ4v) is 3.72. The Labute approximate surface area is 175 Å². The van der Waals surface area contributed by atoms with E-state index in [0.717, 1.165) is 11.1 Å². The lowest BCUT2D eigenvalue weighted by atomic mass is 10.1. The van der Waals surface area contributed by atoms with Gasteiger partial charge in [0.2, 0.25) is 0 Å². The molecule has 0 aromatic heterocycles. The fraction of sp³-hybridized carbons (Fsp3) is 0.316. The van der Waals surface area contributed by atoms with E-state index in [2.05, 4.69) is 14.8 Å². The molecule has 0 spiro atoms. The third-order valence-electron chi connectivity index (χ3n) is 3.61. The predicted octanol–water partition coefficient (Wildman–Crippen LogP) is 3.76. The third kappa shape index (κ3) is 11.2. The molecule has 11 heteroatoms. The Morgan fingerprint density at radius 3 is 2.43 bits per heavy atom. The first kappa shape index (κ1) is 26.0. The Hall–Kier alpha value is -2.01. The van der Waals surface area contributed by atoms with Crippen molar-refractivity contribution in [1.29, 1.82) is 0 Å².